The largest absolute Gasteiger partial charge is 0.367 e. The van der Waals surface area contributed by atoms with Gasteiger partial charge in [0.2, 0.25) is 0 Å². The number of carbonyl (C=O) groups excluding carboxylic acids is 2. The van der Waals surface area contributed by atoms with Crippen LogP contribution in [0.4, 0.5) is 5.69 Å². The second kappa shape index (κ2) is 6.50. The molecular weight excluding hydrogens is 354 g/mol. The first-order chi connectivity index (χ1) is 12.2. The molecule has 0 spiro atoms. The summed E-state index contributed by atoms with van der Waals surface area (Å²) >= 11 is 3.37. The number of hydrogen-bond donors (Lipinski definition) is 1. The summed E-state index contributed by atoms with van der Waals surface area (Å²) in [6.45, 7) is 2.25. The van der Waals surface area contributed by atoms with Crippen LogP contribution in [0.15, 0.2) is 46.8 Å². The zero-order chi connectivity index (χ0) is 17.4. The predicted molar refractivity (Wildman–Crippen MR) is 101 cm³/mol. The summed E-state index contributed by atoms with van der Waals surface area (Å²) in [4.78, 5) is 30.5. The molecule has 4 rings (SSSR count). The van der Waals surface area contributed by atoms with Crippen LogP contribution in [0.1, 0.15) is 27.6 Å². The SMILES string of the molecule is CCSc1nc2ccc(NCN3C(=O)c4ccccc4C3=O)cc2s1. The Morgan fingerprint density at radius 1 is 1.12 bits per heavy atom. The Hall–Kier alpha value is -2.38. The molecule has 1 aliphatic rings. The summed E-state index contributed by atoms with van der Waals surface area (Å²) in [7, 11) is 0. The van der Waals surface area contributed by atoms with E-state index in [1.807, 2.05) is 18.2 Å². The molecule has 0 saturated carbocycles. The highest BCUT2D eigenvalue weighted by atomic mass is 32.2. The van der Waals surface area contributed by atoms with Crippen LogP contribution in [-0.4, -0.2) is 34.1 Å². The molecule has 2 heterocycles. The Balaban J connectivity index is 1.51. The van der Waals surface area contributed by atoms with E-state index in [2.05, 4.69) is 17.2 Å². The van der Waals surface area contributed by atoms with Crippen LogP contribution in [0.5, 0.6) is 0 Å². The Kier molecular flexibility index (Phi) is 4.19. The van der Waals surface area contributed by atoms with Gasteiger partial charge in [0.05, 0.1) is 28.0 Å². The quantitative estimate of drug-likeness (QED) is 0.542. The number of fused-ring (bicyclic) bond motifs is 2. The molecule has 0 unspecified atom stereocenters. The number of hydrogen-bond acceptors (Lipinski definition) is 6. The van der Waals surface area contributed by atoms with E-state index in [1.54, 1.807) is 47.4 Å². The normalized spacial score (nSPS) is 13.6. The van der Waals surface area contributed by atoms with Gasteiger partial charge in [0.1, 0.15) is 0 Å². The number of thiazole rings is 1. The van der Waals surface area contributed by atoms with Gasteiger partial charge in [-0.3, -0.25) is 14.5 Å². The highest BCUT2D eigenvalue weighted by Gasteiger charge is 2.34. The number of benzene rings is 2. The molecule has 1 aliphatic heterocycles. The zero-order valence-electron chi connectivity index (χ0n) is 13.5. The van der Waals surface area contributed by atoms with E-state index in [1.165, 1.54) is 4.90 Å². The van der Waals surface area contributed by atoms with E-state index in [4.69, 9.17) is 0 Å². The molecule has 0 atom stereocenters. The van der Waals surface area contributed by atoms with Crippen LogP contribution in [0, 0.1) is 0 Å². The van der Waals surface area contributed by atoms with E-state index >= 15 is 0 Å². The van der Waals surface area contributed by atoms with E-state index in [0.29, 0.717) is 11.1 Å². The number of imide groups is 1. The smallest absolute Gasteiger partial charge is 0.263 e. The molecule has 5 nitrogen and oxygen atoms in total. The first-order valence-electron chi connectivity index (χ1n) is 7.90. The van der Waals surface area contributed by atoms with Gasteiger partial charge < -0.3 is 5.32 Å². The number of aromatic nitrogens is 1. The van der Waals surface area contributed by atoms with Crippen LogP contribution in [0.2, 0.25) is 0 Å². The standard InChI is InChI=1S/C18H15N3O2S2/c1-2-24-18-20-14-8-7-11(9-15(14)25-18)19-10-21-16(22)12-5-3-4-6-13(12)17(21)23/h3-9,19H,2,10H2,1H3. The Labute approximate surface area is 153 Å². The summed E-state index contributed by atoms with van der Waals surface area (Å²) in [5, 5.41) is 3.17. The van der Waals surface area contributed by atoms with Crippen LogP contribution < -0.4 is 5.32 Å². The fraction of sp³-hybridized carbons (Fsp3) is 0.167. The molecule has 1 aromatic heterocycles. The molecule has 2 aromatic carbocycles. The van der Waals surface area contributed by atoms with E-state index in [0.717, 1.165) is 26.0 Å². The molecule has 0 fully saturated rings. The molecule has 7 heteroatoms. The lowest BCUT2D eigenvalue weighted by Gasteiger charge is -2.15. The molecule has 1 N–H and O–H groups in total. The van der Waals surface area contributed by atoms with Crippen LogP contribution in [-0.2, 0) is 0 Å². The van der Waals surface area contributed by atoms with Crippen molar-refractivity contribution in [1.29, 1.82) is 0 Å². The third-order valence-electron chi connectivity index (χ3n) is 3.96. The molecule has 0 radical (unpaired) electrons. The first kappa shape index (κ1) is 16.1. The first-order valence-corrected chi connectivity index (χ1v) is 9.70. The van der Waals surface area contributed by atoms with Crippen molar-refractivity contribution in [3.05, 3.63) is 53.6 Å². The lowest BCUT2D eigenvalue weighted by Crippen LogP contribution is -2.34. The lowest BCUT2D eigenvalue weighted by molar-refractivity contribution is 0.0666. The third-order valence-corrected chi connectivity index (χ3v) is 6.00. The van der Waals surface area contributed by atoms with Crippen molar-refractivity contribution in [1.82, 2.24) is 9.88 Å². The van der Waals surface area contributed by atoms with Crippen molar-refractivity contribution >= 4 is 50.8 Å². The van der Waals surface area contributed by atoms with Gasteiger partial charge in [-0.05, 0) is 36.1 Å². The van der Waals surface area contributed by atoms with Crippen molar-refractivity contribution in [2.75, 3.05) is 17.7 Å². The van der Waals surface area contributed by atoms with Gasteiger partial charge in [0.15, 0.2) is 4.34 Å². The summed E-state index contributed by atoms with van der Waals surface area (Å²) in [6, 6.07) is 12.8. The van der Waals surface area contributed by atoms with Gasteiger partial charge in [-0.2, -0.15) is 0 Å². The van der Waals surface area contributed by atoms with Crippen LogP contribution in [0.3, 0.4) is 0 Å². The second-order valence-electron chi connectivity index (χ2n) is 5.51. The van der Waals surface area contributed by atoms with Gasteiger partial charge in [-0.25, -0.2) is 4.98 Å². The molecule has 0 bridgehead atoms. The third kappa shape index (κ3) is 2.89. The van der Waals surface area contributed by atoms with Crippen LogP contribution >= 0.6 is 23.1 Å². The minimum atomic E-state index is -0.256. The van der Waals surface area contributed by atoms with E-state index in [9.17, 15) is 9.59 Å². The maximum Gasteiger partial charge on any atom is 0.263 e. The fourth-order valence-electron chi connectivity index (χ4n) is 2.75. The number of anilines is 1. The number of carbonyl (C=O) groups is 2. The van der Waals surface area contributed by atoms with Gasteiger partial charge >= 0.3 is 0 Å². The zero-order valence-corrected chi connectivity index (χ0v) is 15.1. The number of thioether (sulfide) groups is 1. The number of rotatable bonds is 5. The second-order valence-corrected chi connectivity index (χ2v) is 8.06. The average Bonchev–Trinajstić information content (AvgIpc) is 3.13. The topological polar surface area (TPSA) is 62.3 Å². The van der Waals surface area contributed by atoms with Gasteiger partial charge in [-0.1, -0.05) is 30.8 Å². The molecule has 0 saturated heterocycles. The Bertz CT molecular complexity index is 948. The van der Waals surface area contributed by atoms with Crippen molar-refractivity contribution in [2.24, 2.45) is 0 Å². The van der Waals surface area contributed by atoms with Crippen LogP contribution in [0.25, 0.3) is 10.2 Å². The van der Waals surface area contributed by atoms with Crippen molar-refractivity contribution in [3.63, 3.8) is 0 Å². The van der Waals surface area contributed by atoms with Crippen molar-refractivity contribution in [3.8, 4) is 0 Å². The monoisotopic (exact) mass is 369 g/mol. The average molecular weight is 369 g/mol. The van der Waals surface area contributed by atoms with E-state index in [-0.39, 0.29) is 18.5 Å². The summed E-state index contributed by atoms with van der Waals surface area (Å²) in [5.41, 5.74) is 2.76. The minimum Gasteiger partial charge on any atom is -0.367 e. The highest BCUT2D eigenvalue weighted by Crippen LogP contribution is 2.31. The summed E-state index contributed by atoms with van der Waals surface area (Å²) in [5.74, 6) is 0.479. The maximum absolute atomic E-state index is 12.4. The van der Waals surface area contributed by atoms with Gasteiger partial charge in [0.25, 0.3) is 11.8 Å². The highest BCUT2D eigenvalue weighted by molar-refractivity contribution is 8.01. The van der Waals surface area contributed by atoms with Gasteiger partial charge in [-0.15, -0.1) is 11.3 Å². The summed E-state index contributed by atoms with van der Waals surface area (Å²) in [6.07, 6.45) is 0. The molecule has 25 heavy (non-hydrogen) atoms. The maximum atomic E-state index is 12.4. The minimum absolute atomic E-state index is 0.146. The van der Waals surface area contributed by atoms with Gasteiger partial charge in [0, 0.05) is 5.69 Å². The molecule has 0 aliphatic carbocycles. The molecular formula is C18H15N3O2S2. The van der Waals surface area contributed by atoms with Crippen molar-refractivity contribution < 1.29 is 9.59 Å². The fourth-order valence-corrected chi connectivity index (χ4v) is 4.76. The Morgan fingerprint density at radius 2 is 1.84 bits per heavy atom. The Morgan fingerprint density at radius 3 is 2.52 bits per heavy atom. The summed E-state index contributed by atoms with van der Waals surface area (Å²) < 4.78 is 2.14. The predicted octanol–water partition coefficient (Wildman–Crippen LogP) is 4.07. The molecule has 2 amide bonds. The number of amides is 2. The molecule has 126 valence electrons. The molecule has 3 aromatic rings. The lowest BCUT2D eigenvalue weighted by atomic mass is 10.1. The number of nitrogens with zero attached hydrogens (tertiary/aromatic N) is 2. The van der Waals surface area contributed by atoms with E-state index < -0.39 is 0 Å². The number of nitrogens with one attached hydrogen (secondary N) is 1. The van der Waals surface area contributed by atoms with Crippen molar-refractivity contribution in [2.45, 2.75) is 11.3 Å².